The monoisotopic (exact) mass is 665 g/mol. The normalized spacial score (nSPS) is 25.2. The van der Waals surface area contributed by atoms with E-state index in [1.54, 1.807) is 24.3 Å². The molecular weight excluding hydrogens is 621 g/mol. The number of hydrogen-bond donors (Lipinski definition) is 2. The highest BCUT2D eigenvalue weighted by atomic mass is 16.5. The number of furan rings is 1. The zero-order valence-corrected chi connectivity index (χ0v) is 27.9. The van der Waals surface area contributed by atoms with Crippen molar-refractivity contribution in [2.45, 2.75) is 63.7 Å². The molecule has 3 aliphatic heterocycles. The molecule has 4 aliphatic rings. The van der Waals surface area contributed by atoms with Crippen molar-refractivity contribution in [1.82, 2.24) is 14.8 Å². The highest BCUT2D eigenvalue weighted by Gasteiger charge is 2.58. The smallest absolute Gasteiger partial charge is 0.455 e. The lowest BCUT2D eigenvalue weighted by Crippen LogP contribution is -2.48. The molecule has 2 aromatic heterocycles. The molecule has 7 rings (SSSR count). The fraction of sp³-hybridized carbons (Fsp3) is 0.447. The van der Waals surface area contributed by atoms with Gasteiger partial charge >= 0.3 is 7.12 Å². The highest BCUT2D eigenvalue weighted by Crippen LogP contribution is 2.51. The summed E-state index contributed by atoms with van der Waals surface area (Å²) in [7, 11) is 0.588. The molecule has 0 bridgehead atoms. The summed E-state index contributed by atoms with van der Waals surface area (Å²) in [6.07, 6.45) is 6.50. The van der Waals surface area contributed by atoms with Crippen LogP contribution in [0.2, 0.25) is 6.32 Å². The van der Waals surface area contributed by atoms with Gasteiger partial charge in [0.25, 0.3) is 0 Å². The van der Waals surface area contributed by atoms with Gasteiger partial charge in [0.15, 0.2) is 0 Å². The summed E-state index contributed by atoms with van der Waals surface area (Å²) in [5, 5.41) is 20.6. The van der Waals surface area contributed by atoms with Crippen LogP contribution in [0.1, 0.15) is 54.9 Å². The molecule has 11 heteroatoms. The number of ether oxygens (including phenoxy) is 1. The number of carbonyl (C=O) groups is 2. The Bertz CT molecular complexity index is 1690. The van der Waals surface area contributed by atoms with Crippen molar-refractivity contribution in [3.63, 3.8) is 0 Å². The lowest BCUT2D eigenvalue weighted by Gasteiger charge is -2.43. The molecule has 2 N–H and O–H groups in total. The van der Waals surface area contributed by atoms with Crippen LogP contribution in [0.15, 0.2) is 82.4 Å². The first-order chi connectivity index (χ1) is 23.9. The Kier molecular flexibility index (Phi) is 10.3. The summed E-state index contributed by atoms with van der Waals surface area (Å²) < 4.78 is 17.7. The minimum absolute atomic E-state index is 0.0808. The van der Waals surface area contributed by atoms with Crippen molar-refractivity contribution in [2.75, 3.05) is 26.8 Å². The van der Waals surface area contributed by atoms with Gasteiger partial charge in [-0.15, -0.1) is 0 Å². The third-order valence-corrected chi connectivity index (χ3v) is 10.7. The van der Waals surface area contributed by atoms with E-state index in [9.17, 15) is 19.7 Å². The minimum atomic E-state index is -1.06. The van der Waals surface area contributed by atoms with Gasteiger partial charge in [0.1, 0.15) is 18.1 Å². The van der Waals surface area contributed by atoms with Crippen LogP contribution in [0.5, 0.6) is 0 Å². The van der Waals surface area contributed by atoms with Gasteiger partial charge in [0.05, 0.1) is 30.2 Å². The van der Waals surface area contributed by atoms with Crippen LogP contribution in [0.25, 0.3) is 11.6 Å². The number of benzene rings is 1. The van der Waals surface area contributed by atoms with E-state index in [0.717, 1.165) is 54.9 Å². The second-order valence-corrected chi connectivity index (χ2v) is 13.7. The van der Waals surface area contributed by atoms with Gasteiger partial charge in [0, 0.05) is 39.0 Å². The van der Waals surface area contributed by atoms with E-state index in [1.165, 1.54) is 5.56 Å². The minimum Gasteiger partial charge on any atom is -0.459 e. The lowest BCUT2D eigenvalue weighted by molar-refractivity contribution is -0.144. The molecule has 49 heavy (non-hydrogen) atoms. The number of piperidine rings is 1. The predicted molar refractivity (Wildman–Crippen MR) is 184 cm³/mol. The number of hydrogen-bond acceptors (Lipinski definition) is 9. The number of aromatic nitrogens is 1. The molecule has 0 saturated carbocycles. The van der Waals surface area contributed by atoms with Crippen LogP contribution < -0.4 is 0 Å². The van der Waals surface area contributed by atoms with E-state index in [1.807, 2.05) is 36.4 Å². The molecular formula is C38H44BN3O7. The Morgan fingerprint density at radius 2 is 1.84 bits per heavy atom. The van der Waals surface area contributed by atoms with E-state index in [4.69, 9.17) is 13.8 Å². The molecule has 3 fully saturated rings. The first kappa shape index (κ1) is 33.6. The van der Waals surface area contributed by atoms with Gasteiger partial charge in [-0.25, -0.2) is 0 Å². The van der Waals surface area contributed by atoms with Gasteiger partial charge in [-0.1, -0.05) is 36.4 Å². The average Bonchev–Trinajstić information content (AvgIpc) is 3.68. The van der Waals surface area contributed by atoms with Crippen molar-refractivity contribution in [3.05, 3.63) is 101 Å². The van der Waals surface area contributed by atoms with Crippen molar-refractivity contribution in [2.24, 2.45) is 17.8 Å². The Balaban J connectivity index is 1.10. The topological polar surface area (TPSA) is 126 Å². The standard InChI is InChI=1S/C38H44BN3O7/c1-47-24-27-20-31-36(38(45)42(37(31)44)28-14-17-41(18-15-28)22-25-7-3-2-4-8-25)32-21-39(46)49-34(35(27)32)13-10-26(33-9-5-6-16-40-33)19-29-11-12-30(23-43)48-29/h2-9,11-12,16,19,28,31-32,34,36,43,46H,10,13-15,17-18,20-24H2,1H3/b26-19-/t31-,32+,34-,36-/m1/s1. The van der Waals surface area contributed by atoms with Gasteiger partial charge in [-0.05, 0) is 97.0 Å². The van der Waals surface area contributed by atoms with Gasteiger partial charge in [-0.3, -0.25) is 24.4 Å². The molecule has 0 unspecified atom stereocenters. The molecule has 4 atom stereocenters. The van der Waals surface area contributed by atoms with Gasteiger partial charge in [-0.2, -0.15) is 0 Å². The van der Waals surface area contributed by atoms with E-state index in [-0.39, 0.29) is 36.7 Å². The van der Waals surface area contributed by atoms with Crippen molar-refractivity contribution in [3.8, 4) is 0 Å². The predicted octanol–water partition coefficient (Wildman–Crippen LogP) is 4.60. The summed E-state index contributed by atoms with van der Waals surface area (Å²) in [5.74, 6) is -0.384. The number of aliphatic hydroxyl groups is 1. The number of carbonyl (C=O) groups excluding carboxylic acids is 2. The number of pyridine rings is 1. The van der Waals surface area contributed by atoms with E-state index >= 15 is 0 Å². The summed E-state index contributed by atoms with van der Waals surface area (Å²) >= 11 is 0. The molecule has 1 aliphatic carbocycles. The van der Waals surface area contributed by atoms with Gasteiger partial charge < -0.3 is 23.9 Å². The Labute approximate surface area is 287 Å². The molecule has 10 nitrogen and oxygen atoms in total. The number of methoxy groups -OCH3 is 1. The summed E-state index contributed by atoms with van der Waals surface area (Å²) in [6.45, 7) is 2.66. The number of nitrogens with zero attached hydrogens (tertiary/aromatic N) is 3. The number of rotatable bonds is 11. The lowest BCUT2D eigenvalue weighted by atomic mass is 9.58. The Morgan fingerprint density at radius 1 is 1.04 bits per heavy atom. The average molecular weight is 666 g/mol. The quantitative estimate of drug-likeness (QED) is 0.172. The second kappa shape index (κ2) is 14.9. The molecule has 256 valence electrons. The highest BCUT2D eigenvalue weighted by molar-refractivity contribution is 6.43. The van der Waals surface area contributed by atoms with E-state index in [2.05, 4.69) is 34.1 Å². The van der Waals surface area contributed by atoms with Crippen LogP contribution in [0.4, 0.5) is 0 Å². The molecule has 1 aromatic carbocycles. The Morgan fingerprint density at radius 3 is 2.55 bits per heavy atom. The summed E-state index contributed by atoms with van der Waals surface area (Å²) in [6, 6.07) is 19.5. The number of aliphatic hydroxyl groups excluding tert-OH is 1. The summed E-state index contributed by atoms with van der Waals surface area (Å²) in [4.78, 5) is 36.9. The maximum absolute atomic E-state index is 14.3. The number of likely N-dealkylation sites (tertiary alicyclic amines) is 2. The summed E-state index contributed by atoms with van der Waals surface area (Å²) in [5.41, 5.74) is 4.95. The molecule has 2 amide bonds. The molecule has 0 spiro atoms. The zero-order chi connectivity index (χ0) is 33.9. The van der Waals surface area contributed by atoms with Crippen molar-refractivity contribution >= 4 is 30.6 Å². The van der Waals surface area contributed by atoms with Crippen molar-refractivity contribution in [1.29, 1.82) is 0 Å². The number of imide groups is 1. The van der Waals surface area contributed by atoms with Crippen LogP contribution >= 0.6 is 0 Å². The maximum Gasteiger partial charge on any atom is 0.455 e. The fourth-order valence-corrected chi connectivity index (χ4v) is 8.47. The fourth-order valence-electron chi connectivity index (χ4n) is 8.47. The van der Waals surface area contributed by atoms with Crippen LogP contribution in [0.3, 0.4) is 0 Å². The SMILES string of the molecule is COCC1=C2[C@@H](CC/C(=C/c3ccc(CO)o3)c3ccccn3)OB(O)C[C@@H]2[C@@H]2C(=O)N(C3CCN(Cc4ccccc4)CC3)C(=O)[C@@H]2C1. The number of fused-ring (bicyclic) bond motifs is 3. The zero-order valence-electron chi connectivity index (χ0n) is 27.9. The van der Waals surface area contributed by atoms with Crippen LogP contribution in [-0.2, 0) is 32.1 Å². The molecule has 0 radical (unpaired) electrons. The largest absolute Gasteiger partial charge is 0.459 e. The third-order valence-electron chi connectivity index (χ3n) is 10.7. The first-order valence-electron chi connectivity index (χ1n) is 17.4. The second-order valence-electron chi connectivity index (χ2n) is 13.7. The van der Waals surface area contributed by atoms with Crippen LogP contribution in [0, 0.1) is 17.8 Å². The maximum atomic E-state index is 14.3. The van der Waals surface area contributed by atoms with Gasteiger partial charge in [0.2, 0.25) is 11.8 Å². The first-order valence-corrected chi connectivity index (χ1v) is 17.4. The number of allylic oxidation sites excluding steroid dienone is 1. The van der Waals surface area contributed by atoms with E-state index in [0.29, 0.717) is 37.4 Å². The van der Waals surface area contributed by atoms with E-state index < -0.39 is 25.1 Å². The Hall–Kier alpha value is -3.87. The van der Waals surface area contributed by atoms with Crippen molar-refractivity contribution < 1.29 is 33.5 Å². The third kappa shape index (κ3) is 7.09. The molecule has 3 aromatic rings. The number of amides is 2. The van der Waals surface area contributed by atoms with Crippen LogP contribution in [-0.4, -0.2) is 82.8 Å². The molecule has 5 heterocycles. The molecule has 3 saturated heterocycles.